The van der Waals surface area contributed by atoms with Gasteiger partial charge in [0.1, 0.15) is 18.1 Å². The molecule has 0 aromatic heterocycles. The molecule has 0 unspecified atom stereocenters. The van der Waals surface area contributed by atoms with Crippen molar-refractivity contribution in [1.82, 2.24) is 10.2 Å². The van der Waals surface area contributed by atoms with E-state index in [4.69, 9.17) is 15.9 Å². The first-order valence-electron chi connectivity index (χ1n) is 10.4. The van der Waals surface area contributed by atoms with E-state index in [0.29, 0.717) is 17.9 Å². The Morgan fingerprint density at radius 3 is 2.62 bits per heavy atom. The molecule has 1 amide bonds. The average molecular weight is 438 g/mol. The van der Waals surface area contributed by atoms with Crippen LogP contribution in [-0.4, -0.2) is 51.7 Å². The van der Waals surface area contributed by atoms with Gasteiger partial charge in [-0.3, -0.25) is 10.2 Å². The summed E-state index contributed by atoms with van der Waals surface area (Å²) in [5.74, 6) is -1.92. The van der Waals surface area contributed by atoms with Gasteiger partial charge in [0.05, 0.1) is 18.1 Å². The highest BCUT2D eigenvalue weighted by atomic mass is 16.5. The Hall–Kier alpha value is -3.59. The van der Waals surface area contributed by atoms with Crippen molar-refractivity contribution in [2.45, 2.75) is 32.5 Å². The minimum atomic E-state index is -1.18. The highest BCUT2D eigenvalue weighted by Crippen LogP contribution is 2.47. The van der Waals surface area contributed by atoms with Crippen LogP contribution in [0.15, 0.2) is 47.7 Å². The van der Waals surface area contributed by atoms with E-state index < -0.39 is 18.0 Å². The predicted octanol–water partition coefficient (Wildman–Crippen LogP) is 1.40. The van der Waals surface area contributed by atoms with Crippen molar-refractivity contribution in [2.75, 3.05) is 6.61 Å². The molecule has 1 saturated heterocycles. The van der Waals surface area contributed by atoms with Crippen LogP contribution < -0.4 is 15.8 Å². The molecule has 4 rings (SSSR count). The maximum atomic E-state index is 12.5. The third kappa shape index (κ3) is 3.44. The number of hydrogen-bond acceptors (Lipinski definition) is 5. The van der Waals surface area contributed by atoms with E-state index in [2.05, 4.69) is 5.32 Å². The predicted molar refractivity (Wildman–Crippen MR) is 118 cm³/mol. The molecule has 0 spiro atoms. The highest BCUT2D eigenvalue weighted by molar-refractivity contribution is 6.00. The third-order valence-corrected chi connectivity index (χ3v) is 6.34. The molecule has 9 heteroatoms. The molecule has 2 aromatic rings. The summed E-state index contributed by atoms with van der Waals surface area (Å²) >= 11 is 0. The van der Waals surface area contributed by atoms with Gasteiger partial charge in [0.2, 0.25) is 5.91 Å². The lowest BCUT2D eigenvalue weighted by Gasteiger charge is -2.46. The minimum Gasteiger partial charge on any atom is -0.488 e. The van der Waals surface area contributed by atoms with Crippen LogP contribution in [0.25, 0.3) is 10.8 Å². The van der Waals surface area contributed by atoms with Crippen molar-refractivity contribution < 1.29 is 24.5 Å². The lowest BCUT2D eigenvalue weighted by atomic mass is 9.78. The summed E-state index contributed by atoms with van der Waals surface area (Å²) in [6.07, 6.45) is -0.846. The van der Waals surface area contributed by atoms with Crippen LogP contribution in [0.4, 0.5) is 0 Å². The number of carbonyl (C=O) groups is 2. The number of amides is 1. The molecule has 1 fully saturated rings. The van der Waals surface area contributed by atoms with Gasteiger partial charge in [0.15, 0.2) is 5.96 Å². The standard InChI is InChI=1S/C23H26N4O5/c1-11-16(20(22(30)31)27-19(11)18(12(2)28)21(27)29)10-32-17-8-4-6-14-13(9-26-23(24)25)5-3-7-15(14)17/h3-8,11-12,18-19,28H,9-10H2,1-2H3,(H,30,31)(H4,24,25,26)/t11-,12+,18+,19+/m0/s1. The van der Waals surface area contributed by atoms with Gasteiger partial charge in [-0.25, -0.2) is 4.79 Å². The molecule has 2 aromatic carbocycles. The summed E-state index contributed by atoms with van der Waals surface area (Å²) in [5.41, 5.74) is 6.83. The smallest absolute Gasteiger partial charge is 0.352 e. The summed E-state index contributed by atoms with van der Waals surface area (Å²) in [4.78, 5) is 25.7. The molecule has 9 nitrogen and oxygen atoms in total. The molecule has 2 aliphatic heterocycles. The largest absolute Gasteiger partial charge is 0.488 e. The molecule has 0 bridgehead atoms. The second-order valence-electron chi connectivity index (χ2n) is 8.26. The fraction of sp³-hybridized carbons (Fsp3) is 0.348. The number of nitrogens with two attached hydrogens (primary N) is 1. The van der Waals surface area contributed by atoms with Gasteiger partial charge in [0, 0.05) is 23.4 Å². The number of guanidine groups is 1. The van der Waals surface area contributed by atoms with Crippen LogP contribution in [0.1, 0.15) is 19.4 Å². The fourth-order valence-corrected chi connectivity index (χ4v) is 4.81. The van der Waals surface area contributed by atoms with E-state index in [1.54, 1.807) is 6.92 Å². The molecule has 32 heavy (non-hydrogen) atoms. The summed E-state index contributed by atoms with van der Waals surface area (Å²) in [5, 5.41) is 31.7. The summed E-state index contributed by atoms with van der Waals surface area (Å²) in [6, 6.07) is 10.9. The number of carbonyl (C=O) groups excluding carboxylic acids is 1. The molecule has 0 saturated carbocycles. The van der Waals surface area contributed by atoms with Crippen molar-refractivity contribution in [2.24, 2.45) is 17.6 Å². The van der Waals surface area contributed by atoms with Crippen LogP contribution in [0, 0.1) is 17.2 Å². The third-order valence-electron chi connectivity index (χ3n) is 6.34. The normalized spacial score (nSPS) is 23.0. The molecule has 2 aliphatic rings. The number of aliphatic hydroxyl groups is 1. The van der Waals surface area contributed by atoms with E-state index in [-0.39, 0.29) is 36.1 Å². The maximum Gasteiger partial charge on any atom is 0.352 e. The number of carboxylic acid groups (broad SMARTS) is 1. The van der Waals surface area contributed by atoms with E-state index in [1.807, 2.05) is 43.3 Å². The molecule has 0 aliphatic carbocycles. The lowest BCUT2D eigenvalue weighted by Crippen LogP contribution is -2.63. The Labute approximate surface area is 185 Å². The topological polar surface area (TPSA) is 149 Å². The Bertz CT molecular complexity index is 1140. The molecular weight excluding hydrogens is 412 g/mol. The molecular formula is C23H26N4O5. The number of β-lactam (4-membered cyclic amide) rings is 1. The van der Waals surface area contributed by atoms with E-state index in [1.165, 1.54) is 4.90 Å². The number of hydrogen-bond donors (Lipinski definition) is 5. The van der Waals surface area contributed by atoms with Crippen LogP contribution in [0.5, 0.6) is 5.75 Å². The molecule has 168 valence electrons. The summed E-state index contributed by atoms with van der Waals surface area (Å²) in [7, 11) is 0. The van der Waals surface area contributed by atoms with Crippen LogP contribution in [0.2, 0.25) is 0 Å². The first-order chi connectivity index (χ1) is 15.2. The van der Waals surface area contributed by atoms with Crippen molar-refractivity contribution in [3.63, 3.8) is 0 Å². The Morgan fingerprint density at radius 1 is 1.28 bits per heavy atom. The van der Waals surface area contributed by atoms with Gasteiger partial charge in [-0.2, -0.15) is 0 Å². The monoisotopic (exact) mass is 438 g/mol. The Kier molecular flexibility index (Phi) is 5.52. The number of rotatable bonds is 7. The number of nitrogens with zero attached hydrogens (tertiary/aromatic N) is 1. The van der Waals surface area contributed by atoms with Gasteiger partial charge >= 0.3 is 5.97 Å². The number of ether oxygens (including phenoxy) is 1. The zero-order valence-electron chi connectivity index (χ0n) is 17.8. The number of benzene rings is 2. The minimum absolute atomic E-state index is 0.0185. The summed E-state index contributed by atoms with van der Waals surface area (Å²) in [6.45, 7) is 3.82. The number of carboxylic acids is 1. The highest BCUT2D eigenvalue weighted by Gasteiger charge is 2.59. The lowest BCUT2D eigenvalue weighted by molar-refractivity contribution is -0.163. The van der Waals surface area contributed by atoms with Crippen LogP contribution in [0.3, 0.4) is 0 Å². The van der Waals surface area contributed by atoms with Crippen molar-refractivity contribution in [1.29, 1.82) is 5.41 Å². The number of aliphatic hydroxyl groups excluding tert-OH is 1. The first kappa shape index (κ1) is 21.6. The first-order valence-corrected chi connectivity index (χ1v) is 10.4. The zero-order chi connectivity index (χ0) is 23.2. The molecule has 4 atom stereocenters. The van der Waals surface area contributed by atoms with Gasteiger partial charge in [-0.1, -0.05) is 37.3 Å². The molecule has 2 heterocycles. The second-order valence-corrected chi connectivity index (χ2v) is 8.26. The average Bonchev–Trinajstić information content (AvgIpc) is 2.98. The SMILES string of the molecule is C[C@@H](O)[C@H]1C(=O)N2C(C(=O)O)=C(COc3cccc4c(CNC(=N)N)cccc34)[C@H](C)[C@H]12. The quantitative estimate of drug-likeness (QED) is 0.249. The number of aliphatic carboxylic acids is 1. The Balaban J connectivity index is 1.62. The summed E-state index contributed by atoms with van der Waals surface area (Å²) < 4.78 is 6.08. The van der Waals surface area contributed by atoms with E-state index in [0.717, 1.165) is 16.3 Å². The van der Waals surface area contributed by atoms with Crippen LogP contribution >= 0.6 is 0 Å². The van der Waals surface area contributed by atoms with Gasteiger partial charge < -0.3 is 30.9 Å². The van der Waals surface area contributed by atoms with Crippen molar-refractivity contribution in [3.05, 3.63) is 53.2 Å². The van der Waals surface area contributed by atoms with Gasteiger partial charge in [-0.05, 0) is 23.9 Å². The second kappa shape index (κ2) is 8.16. The van der Waals surface area contributed by atoms with Gasteiger partial charge in [-0.15, -0.1) is 0 Å². The van der Waals surface area contributed by atoms with E-state index >= 15 is 0 Å². The van der Waals surface area contributed by atoms with Gasteiger partial charge in [0.25, 0.3) is 0 Å². The molecule has 0 radical (unpaired) electrons. The zero-order valence-corrected chi connectivity index (χ0v) is 17.8. The number of fused-ring (bicyclic) bond motifs is 2. The number of nitrogens with one attached hydrogen (secondary N) is 2. The maximum absolute atomic E-state index is 12.5. The van der Waals surface area contributed by atoms with Crippen molar-refractivity contribution in [3.8, 4) is 5.75 Å². The van der Waals surface area contributed by atoms with E-state index in [9.17, 15) is 19.8 Å². The van der Waals surface area contributed by atoms with Crippen LogP contribution in [-0.2, 0) is 16.1 Å². The van der Waals surface area contributed by atoms with Crippen molar-refractivity contribution >= 4 is 28.6 Å². The Morgan fingerprint density at radius 2 is 1.97 bits per heavy atom. The fourth-order valence-electron chi connectivity index (χ4n) is 4.81. The molecule has 6 N–H and O–H groups in total.